The van der Waals surface area contributed by atoms with Gasteiger partial charge in [-0.3, -0.25) is 15.5 Å². The van der Waals surface area contributed by atoms with E-state index < -0.39 is 57.3 Å². The molecule has 1 aliphatic carbocycles. The molecule has 3 N–H and O–H groups in total. The molecule has 2 fully saturated rings. The molecule has 274 valence electrons. The molecule has 3 aromatic rings. The van der Waals surface area contributed by atoms with Crippen molar-refractivity contribution in [3.05, 3.63) is 35.9 Å². The average Bonchev–Trinajstić information content (AvgIpc) is 3.85. The van der Waals surface area contributed by atoms with E-state index in [0.29, 0.717) is 23.8 Å². The number of carbonyl (C=O) groups excluding carboxylic acids is 2. The van der Waals surface area contributed by atoms with Crippen LogP contribution in [0.4, 0.5) is 36.0 Å². The van der Waals surface area contributed by atoms with Crippen LogP contribution in [0.5, 0.6) is 5.88 Å². The minimum atomic E-state index is -3.36. The van der Waals surface area contributed by atoms with E-state index in [4.69, 9.17) is 14.2 Å². The Kier molecular flexibility index (Phi) is 9.03. The van der Waals surface area contributed by atoms with Gasteiger partial charge in [0, 0.05) is 28.9 Å². The second-order valence-electron chi connectivity index (χ2n) is 15.0. The van der Waals surface area contributed by atoms with E-state index >= 15 is 4.39 Å². The summed E-state index contributed by atoms with van der Waals surface area (Å²) in [6.45, 7) is 12.5. The number of nitrogens with zero attached hydrogens (tertiary/aromatic N) is 4. The van der Waals surface area contributed by atoms with Crippen molar-refractivity contribution in [2.45, 2.75) is 84.3 Å². The van der Waals surface area contributed by atoms with Gasteiger partial charge in [0.25, 0.3) is 0 Å². The number of halogens is 1. The van der Waals surface area contributed by atoms with Gasteiger partial charge in [0.2, 0.25) is 15.9 Å². The highest BCUT2D eigenvalue weighted by Gasteiger charge is 2.46. The third-order valence-corrected chi connectivity index (χ3v) is 11.2. The van der Waals surface area contributed by atoms with Crippen LogP contribution in [0.25, 0.3) is 21.9 Å². The molecular weight excluding hydrogens is 687 g/mol. The largest absolute Gasteiger partial charge is 0.474 e. The smallest absolute Gasteiger partial charge is 0.413 e. The Bertz CT molecular complexity index is 2040. The van der Waals surface area contributed by atoms with Crippen molar-refractivity contribution >= 4 is 56.3 Å². The van der Waals surface area contributed by atoms with E-state index in [-0.39, 0.29) is 64.5 Å². The summed E-state index contributed by atoms with van der Waals surface area (Å²) in [5.74, 6) is -0.739. The molecule has 3 amide bonds. The minimum Gasteiger partial charge on any atom is -0.474 e. The number of carboxylic acid groups (broad SMARTS) is 1. The fraction of sp³-hybridized carbons (Fsp3) is 0.500. The van der Waals surface area contributed by atoms with Crippen LogP contribution in [0.3, 0.4) is 0 Å². The Labute approximate surface area is 294 Å². The van der Waals surface area contributed by atoms with Crippen molar-refractivity contribution in [1.29, 1.82) is 0 Å². The third kappa shape index (κ3) is 7.22. The number of amides is 3. The van der Waals surface area contributed by atoms with Crippen molar-refractivity contribution < 1.29 is 46.5 Å². The van der Waals surface area contributed by atoms with Gasteiger partial charge < -0.3 is 19.3 Å². The van der Waals surface area contributed by atoms with Crippen molar-refractivity contribution in [2.75, 3.05) is 35.2 Å². The molecule has 1 atom stereocenters. The summed E-state index contributed by atoms with van der Waals surface area (Å²) in [4.78, 5) is 48.1. The molecule has 2 aliphatic heterocycles. The summed E-state index contributed by atoms with van der Waals surface area (Å²) in [5, 5.41) is 15.5. The lowest BCUT2D eigenvalue weighted by Crippen LogP contribution is -2.56. The van der Waals surface area contributed by atoms with E-state index in [1.807, 2.05) is 20.8 Å². The van der Waals surface area contributed by atoms with Gasteiger partial charge in [0.05, 0.1) is 30.1 Å². The van der Waals surface area contributed by atoms with E-state index in [9.17, 15) is 27.9 Å². The number of sulfonamides is 1. The number of fused-ring (bicyclic) bond motifs is 2. The van der Waals surface area contributed by atoms with Crippen LogP contribution in [0.1, 0.15) is 59.9 Å². The van der Waals surface area contributed by atoms with Crippen molar-refractivity contribution in [3.63, 3.8) is 0 Å². The first-order valence-corrected chi connectivity index (χ1v) is 18.0. The zero-order valence-corrected chi connectivity index (χ0v) is 30.2. The van der Waals surface area contributed by atoms with Crippen LogP contribution in [-0.4, -0.2) is 88.8 Å². The van der Waals surface area contributed by atoms with Crippen LogP contribution in [0, 0.1) is 18.2 Å². The number of anilines is 3. The lowest BCUT2D eigenvalue weighted by molar-refractivity contribution is 0.0345. The zero-order chi connectivity index (χ0) is 37.2. The van der Waals surface area contributed by atoms with Gasteiger partial charge in [-0.05, 0) is 69.0 Å². The first-order valence-electron chi connectivity index (χ1n) is 16.5. The molecule has 6 rings (SSSR count). The van der Waals surface area contributed by atoms with Crippen LogP contribution in [0.15, 0.2) is 24.5 Å². The molecule has 51 heavy (non-hydrogen) atoms. The maximum Gasteiger partial charge on any atom is 0.413 e. The standard InChI is InChI=1S/C34H41FN6O9S/c1-17-22(12-37-29-28(17)41(32(44)45)24(16-48-29)33(2,3)4)21-10-18-11-25(36-13-23(18)27(26(21)35)39-31(43)50-34(5,6)7)38-30(42)49-19-14-40(15-19)51(46,47)20-8-9-20/h10-13,19-20,24H,8-9,14-16H2,1-7H3,(H,39,43)(H,44,45)(H,36,38,42). The summed E-state index contributed by atoms with van der Waals surface area (Å²) in [6, 6.07) is 2.35. The lowest BCUT2D eigenvalue weighted by atomic mass is 9.85. The van der Waals surface area contributed by atoms with E-state index in [1.165, 1.54) is 33.7 Å². The van der Waals surface area contributed by atoms with Gasteiger partial charge in [-0.2, -0.15) is 4.31 Å². The van der Waals surface area contributed by atoms with Crippen LogP contribution in [-0.2, 0) is 19.5 Å². The molecule has 3 aliphatic rings. The van der Waals surface area contributed by atoms with Crippen LogP contribution >= 0.6 is 0 Å². The number of hydrogen-bond acceptors (Lipinski definition) is 10. The molecule has 15 nitrogen and oxygen atoms in total. The van der Waals surface area contributed by atoms with Gasteiger partial charge in [-0.25, -0.2) is 37.2 Å². The molecule has 1 saturated carbocycles. The SMILES string of the molecule is Cc1c(-c2cc3cc(NC(=O)OC4CN(S(=O)(=O)C5CC5)C4)ncc3c(NC(=O)OC(C)(C)C)c2F)cnc2c1N(C(=O)O)C(C(C)(C)C)CO2. The summed E-state index contributed by atoms with van der Waals surface area (Å²) in [7, 11) is -3.36. The fourth-order valence-corrected chi connectivity index (χ4v) is 7.99. The highest BCUT2D eigenvalue weighted by Crippen LogP contribution is 2.45. The Morgan fingerprint density at radius 2 is 1.69 bits per heavy atom. The Morgan fingerprint density at radius 1 is 1.00 bits per heavy atom. The number of rotatable bonds is 6. The predicted octanol–water partition coefficient (Wildman–Crippen LogP) is 6.11. The zero-order valence-electron chi connectivity index (χ0n) is 29.4. The molecule has 17 heteroatoms. The number of nitrogens with one attached hydrogen (secondary N) is 2. The molecule has 1 saturated heterocycles. The molecule has 0 bridgehead atoms. The Balaban J connectivity index is 1.36. The van der Waals surface area contributed by atoms with Gasteiger partial charge in [-0.15, -0.1) is 0 Å². The fourth-order valence-electron chi connectivity index (χ4n) is 6.09. The number of pyridine rings is 2. The number of carbonyl (C=O) groups is 3. The number of hydrogen-bond donors (Lipinski definition) is 3. The maximum absolute atomic E-state index is 16.7. The molecule has 0 radical (unpaired) electrons. The number of ether oxygens (including phenoxy) is 3. The van der Waals surface area contributed by atoms with E-state index in [1.54, 1.807) is 27.7 Å². The molecule has 1 aromatic carbocycles. The second kappa shape index (κ2) is 12.8. The van der Waals surface area contributed by atoms with E-state index in [0.717, 1.165) is 0 Å². The third-order valence-electron chi connectivity index (χ3n) is 8.91. The minimum absolute atomic E-state index is 0.0317. The topological polar surface area (TPSA) is 190 Å². The quantitative estimate of drug-likeness (QED) is 0.266. The van der Waals surface area contributed by atoms with Crippen LogP contribution < -0.4 is 20.3 Å². The molecule has 0 spiro atoms. The van der Waals surface area contributed by atoms with Crippen LogP contribution in [0.2, 0.25) is 0 Å². The molecule has 4 heterocycles. The van der Waals surface area contributed by atoms with Gasteiger partial charge in [0.1, 0.15) is 29.8 Å². The van der Waals surface area contributed by atoms with Crippen molar-refractivity contribution in [1.82, 2.24) is 14.3 Å². The Morgan fingerprint density at radius 3 is 2.29 bits per heavy atom. The van der Waals surface area contributed by atoms with Gasteiger partial charge in [-0.1, -0.05) is 20.8 Å². The first-order chi connectivity index (χ1) is 23.7. The summed E-state index contributed by atoms with van der Waals surface area (Å²) in [6.07, 6.45) is 0.268. The summed E-state index contributed by atoms with van der Waals surface area (Å²) >= 11 is 0. The first kappa shape index (κ1) is 36.0. The highest BCUT2D eigenvalue weighted by molar-refractivity contribution is 7.90. The van der Waals surface area contributed by atoms with E-state index in [2.05, 4.69) is 20.6 Å². The maximum atomic E-state index is 16.7. The van der Waals surface area contributed by atoms with Gasteiger partial charge in [0.15, 0.2) is 5.82 Å². The lowest BCUT2D eigenvalue weighted by Gasteiger charge is -2.42. The number of aromatic nitrogens is 2. The number of benzene rings is 1. The highest BCUT2D eigenvalue weighted by atomic mass is 32.2. The van der Waals surface area contributed by atoms with Gasteiger partial charge >= 0.3 is 18.3 Å². The molecule has 1 unspecified atom stereocenters. The van der Waals surface area contributed by atoms with Crippen molar-refractivity contribution in [2.24, 2.45) is 5.41 Å². The average molecular weight is 729 g/mol. The monoisotopic (exact) mass is 728 g/mol. The predicted molar refractivity (Wildman–Crippen MR) is 186 cm³/mol. The molecule has 2 aromatic heterocycles. The summed E-state index contributed by atoms with van der Waals surface area (Å²) in [5.41, 5.74) is -0.936. The van der Waals surface area contributed by atoms with Crippen molar-refractivity contribution in [3.8, 4) is 17.0 Å². The Hall–Kier alpha value is -4.77. The normalized spacial score (nSPS) is 18.4. The second-order valence-corrected chi connectivity index (χ2v) is 17.3. The summed E-state index contributed by atoms with van der Waals surface area (Å²) < 4.78 is 59.4. The molecular formula is C34H41FN6O9S.